The summed E-state index contributed by atoms with van der Waals surface area (Å²) in [7, 11) is 0. The van der Waals surface area contributed by atoms with Crippen LogP contribution in [-0.4, -0.2) is 32.9 Å². The maximum Gasteiger partial charge on any atom is 0.266 e. The van der Waals surface area contributed by atoms with E-state index in [1.807, 2.05) is 51.7 Å². The Labute approximate surface area is 129 Å². The van der Waals surface area contributed by atoms with Gasteiger partial charge < -0.3 is 4.90 Å². The Balaban J connectivity index is 2.38. The van der Waals surface area contributed by atoms with Crippen LogP contribution in [0.4, 0.5) is 0 Å². The van der Waals surface area contributed by atoms with Crippen LogP contribution < -0.4 is 0 Å². The van der Waals surface area contributed by atoms with Gasteiger partial charge in [-0.05, 0) is 46.8 Å². The van der Waals surface area contributed by atoms with E-state index in [1.54, 1.807) is 12.4 Å². The van der Waals surface area contributed by atoms with Crippen LogP contribution in [0.25, 0.3) is 10.6 Å². The molecule has 0 bridgehead atoms. The summed E-state index contributed by atoms with van der Waals surface area (Å²) in [4.78, 5) is 24.0. The Morgan fingerprint density at radius 3 is 2.62 bits per heavy atom. The van der Waals surface area contributed by atoms with Gasteiger partial charge in [-0.15, -0.1) is 11.3 Å². The molecule has 2 rings (SSSR count). The maximum absolute atomic E-state index is 12.8. The second-order valence-electron chi connectivity index (χ2n) is 5.90. The molecule has 2 aromatic rings. The van der Waals surface area contributed by atoms with E-state index in [1.165, 1.54) is 11.3 Å². The Morgan fingerprint density at radius 2 is 2.10 bits per heavy atom. The molecular formula is C16H21N3OS. The number of aromatic nitrogens is 2. The number of pyridine rings is 1. The summed E-state index contributed by atoms with van der Waals surface area (Å²) in [6.45, 7) is 10.7. The average molecular weight is 303 g/mol. The molecule has 4 nitrogen and oxygen atoms in total. The van der Waals surface area contributed by atoms with Crippen molar-refractivity contribution >= 4 is 17.2 Å². The lowest BCUT2D eigenvalue weighted by Crippen LogP contribution is -2.45. The van der Waals surface area contributed by atoms with Gasteiger partial charge >= 0.3 is 0 Å². The van der Waals surface area contributed by atoms with Crippen molar-refractivity contribution in [3.05, 3.63) is 35.1 Å². The third kappa shape index (κ3) is 3.29. The van der Waals surface area contributed by atoms with Crippen molar-refractivity contribution in [2.24, 2.45) is 0 Å². The first-order chi connectivity index (χ1) is 9.84. The average Bonchev–Trinajstić information content (AvgIpc) is 2.81. The summed E-state index contributed by atoms with van der Waals surface area (Å²) >= 11 is 1.44. The SMILES string of the molecule is CCN(C(=O)c1sc(-c2cccnc2)nc1C)C(C)(C)C. The van der Waals surface area contributed by atoms with Crippen LogP contribution in [0.5, 0.6) is 0 Å². The van der Waals surface area contributed by atoms with Gasteiger partial charge in [-0.2, -0.15) is 0 Å². The minimum atomic E-state index is -0.198. The standard InChI is InChI=1S/C16H21N3OS/c1-6-19(16(3,4)5)15(20)13-11(2)18-14(21-13)12-8-7-9-17-10-12/h7-10H,6H2,1-5H3. The fourth-order valence-electron chi connectivity index (χ4n) is 2.25. The highest BCUT2D eigenvalue weighted by Gasteiger charge is 2.28. The van der Waals surface area contributed by atoms with E-state index in [0.29, 0.717) is 11.4 Å². The van der Waals surface area contributed by atoms with Crippen molar-refractivity contribution in [2.75, 3.05) is 6.54 Å². The van der Waals surface area contributed by atoms with E-state index in [4.69, 9.17) is 0 Å². The number of carbonyl (C=O) groups excluding carboxylic acids is 1. The molecule has 0 N–H and O–H groups in total. The Bertz CT molecular complexity index is 629. The molecular weight excluding hydrogens is 282 g/mol. The predicted molar refractivity (Wildman–Crippen MR) is 86.5 cm³/mol. The van der Waals surface area contributed by atoms with Gasteiger partial charge in [-0.1, -0.05) is 0 Å². The van der Waals surface area contributed by atoms with Crippen molar-refractivity contribution in [2.45, 2.75) is 40.2 Å². The van der Waals surface area contributed by atoms with Crippen molar-refractivity contribution < 1.29 is 4.79 Å². The van der Waals surface area contributed by atoms with E-state index in [2.05, 4.69) is 9.97 Å². The molecule has 0 radical (unpaired) electrons. The third-order valence-corrected chi connectivity index (χ3v) is 4.46. The second kappa shape index (κ2) is 5.93. The molecule has 2 aromatic heterocycles. The Kier molecular flexibility index (Phi) is 4.42. The lowest BCUT2D eigenvalue weighted by molar-refractivity contribution is 0.0603. The molecule has 112 valence electrons. The van der Waals surface area contributed by atoms with Crippen LogP contribution >= 0.6 is 11.3 Å². The van der Waals surface area contributed by atoms with E-state index in [9.17, 15) is 4.79 Å². The molecule has 0 saturated carbocycles. The molecule has 1 amide bonds. The monoisotopic (exact) mass is 303 g/mol. The van der Waals surface area contributed by atoms with Crippen molar-refractivity contribution in [1.29, 1.82) is 0 Å². The molecule has 0 atom stereocenters. The van der Waals surface area contributed by atoms with Gasteiger partial charge in [0.25, 0.3) is 5.91 Å². The summed E-state index contributed by atoms with van der Waals surface area (Å²) < 4.78 is 0. The smallest absolute Gasteiger partial charge is 0.266 e. The van der Waals surface area contributed by atoms with Gasteiger partial charge in [-0.25, -0.2) is 4.98 Å². The highest BCUT2D eigenvalue weighted by molar-refractivity contribution is 7.17. The molecule has 0 spiro atoms. The van der Waals surface area contributed by atoms with Gasteiger partial charge in [0.2, 0.25) is 0 Å². The maximum atomic E-state index is 12.8. The Hall–Kier alpha value is -1.75. The molecule has 0 saturated heterocycles. The van der Waals surface area contributed by atoms with E-state index in [0.717, 1.165) is 16.3 Å². The number of hydrogen-bond donors (Lipinski definition) is 0. The lowest BCUT2D eigenvalue weighted by atomic mass is 10.1. The highest BCUT2D eigenvalue weighted by Crippen LogP contribution is 2.29. The van der Waals surface area contributed by atoms with Crippen LogP contribution in [-0.2, 0) is 0 Å². The molecule has 21 heavy (non-hydrogen) atoms. The van der Waals surface area contributed by atoms with Crippen LogP contribution in [0.2, 0.25) is 0 Å². The molecule has 0 aliphatic carbocycles. The van der Waals surface area contributed by atoms with Crippen molar-refractivity contribution in [3.8, 4) is 10.6 Å². The van der Waals surface area contributed by atoms with Gasteiger partial charge in [0.05, 0.1) is 5.69 Å². The molecule has 0 aliphatic rings. The number of aryl methyl sites for hydroxylation is 1. The number of amides is 1. The zero-order valence-corrected chi connectivity index (χ0v) is 14.0. The first kappa shape index (κ1) is 15.6. The third-order valence-electron chi connectivity index (χ3n) is 3.27. The van der Waals surface area contributed by atoms with Crippen molar-refractivity contribution in [1.82, 2.24) is 14.9 Å². The number of thiazole rings is 1. The minimum Gasteiger partial charge on any atom is -0.333 e. The van der Waals surface area contributed by atoms with E-state index >= 15 is 0 Å². The number of carbonyl (C=O) groups is 1. The summed E-state index contributed by atoms with van der Waals surface area (Å²) in [5.74, 6) is 0.0511. The molecule has 0 aromatic carbocycles. The molecule has 2 heterocycles. The quantitative estimate of drug-likeness (QED) is 0.867. The summed E-state index contributed by atoms with van der Waals surface area (Å²) in [5, 5.41) is 0.842. The highest BCUT2D eigenvalue weighted by atomic mass is 32.1. The number of rotatable bonds is 3. The van der Waals surface area contributed by atoms with E-state index in [-0.39, 0.29) is 11.4 Å². The van der Waals surface area contributed by atoms with Crippen LogP contribution in [0.1, 0.15) is 43.1 Å². The van der Waals surface area contributed by atoms with Crippen LogP contribution in [0.15, 0.2) is 24.5 Å². The first-order valence-corrected chi connectivity index (χ1v) is 7.86. The number of hydrogen-bond acceptors (Lipinski definition) is 4. The van der Waals surface area contributed by atoms with E-state index < -0.39 is 0 Å². The first-order valence-electron chi connectivity index (χ1n) is 7.04. The minimum absolute atomic E-state index is 0.0511. The van der Waals surface area contributed by atoms with Crippen LogP contribution in [0, 0.1) is 6.92 Å². The van der Waals surface area contributed by atoms with Gasteiger partial charge in [0.15, 0.2) is 0 Å². The van der Waals surface area contributed by atoms with Crippen molar-refractivity contribution in [3.63, 3.8) is 0 Å². The molecule has 0 fully saturated rings. The molecule has 0 unspecified atom stereocenters. The van der Waals surface area contributed by atoms with Gasteiger partial charge in [-0.3, -0.25) is 9.78 Å². The topological polar surface area (TPSA) is 46.1 Å². The summed E-state index contributed by atoms with van der Waals surface area (Å²) in [6, 6.07) is 3.84. The van der Waals surface area contributed by atoms with Crippen LogP contribution in [0.3, 0.4) is 0 Å². The molecule has 5 heteroatoms. The van der Waals surface area contributed by atoms with Gasteiger partial charge in [0.1, 0.15) is 9.88 Å². The molecule has 0 aliphatic heterocycles. The second-order valence-corrected chi connectivity index (χ2v) is 6.89. The fourth-order valence-corrected chi connectivity index (χ4v) is 3.26. The zero-order valence-electron chi connectivity index (χ0n) is 13.2. The predicted octanol–water partition coefficient (Wildman–Crippen LogP) is 3.77. The Morgan fingerprint density at radius 1 is 1.38 bits per heavy atom. The number of nitrogens with zero attached hydrogens (tertiary/aromatic N) is 3. The largest absolute Gasteiger partial charge is 0.333 e. The summed E-state index contributed by atoms with van der Waals surface area (Å²) in [6.07, 6.45) is 3.50. The normalized spacial score (nSPS) is 11.5. The van der Waals surface area contributed by atoms with Gasteiger partial charge in [0, 0.05) is 30.0 Å². The lowest BCUT2D eigenvalue weighted by Gasteiger charge is -2.34. The fraction of sp³-hybridized carbons (Fsp3) is 0.438. The summed E-state index contributed by atoms with van der Waals surface area (Å²) in [5.41, 5.74) is 1.53. The zero-order chi connectivity index (χ0) is 15.6.